The van der Waals surface area contributed by atoms with E-state index >= 15 is 0 Å². The third kappa shape index (κ3) is 3.43. The van der Waals surface area contributed by atoms with E-state index in [1.807, 2.05) is 66.9 Å². The highest BCUT2D eigenvalue weighted by atomic mass is 32.1. The predicted molar refractivity (Wildman–Crippen MR) is 107 cm³/mol. The monoisotopic (exact) mass is 359 g/mol. The van der Waals surface area contributed by atoms with Gasteiger partial charge in [0.2, 0.25) is 0 Å². The first-order valence-electron chi connectivity index (χ1n) is 8.21. The van der Waals surface area contributed by atoms with Gasteiger partial charge in [0.25, 0.3) is 0 Å². The Morgan fingerprint density at radius 1 is 0.885 bits per heavy atom. The number of hydrogen-bond acceptors (Lipinski definition) is 5. The Labute approximate surface area is 156 Å². The largest absolute Gasteiger partial charge is 0.497 e. The molecule has 0 saturated carbocycles. The summed E-state index contributed by atoms with van der Waals surface area (Å²) in [5, 5.41) is 4.24. The quantitative estimate of drug-likeness (QED) is 0.502. The van der Waals surface area contributed by atoms with Crippen molar-refractivity contribution in [1.82, 2.24) is 9.97 Å². The van der Waals surface area contributed by atoms with Gasteiger partial charge in [-0.2, -0.15) is 0 Å². The molecule has 4 rings (SSSR count). The zero-order valence-corrected chi connectivity index (χ0v) is 15.0. The fourth-order valence-electron chi connectivity index (χ4n) is 2.66. The van der Waals surface area contributed by atoms with Gasteiger partial charge >= 0.3 is 0 Å². The molecule has 26 heavy (non-hydrogen) atoms. The van der Waals surface area contributed by atoms with Crippen LogP contribution in [0.5, 0.6) is 5.75 Å². The minimum atomic E-state index is 0.828. The van der Waals surface area contributed by atoms with Gasteiger partial charge in [-0.25, -0.2) is 4.98 Å². The van der Waals surface area contributed by atoms with E-state index in [2.05, 4.69) is 16.4 Å². The summed E-state index contributed by atoms with van der Waals surface area (Å²) in [6.07, 6.45) is 3.65. The number of methoxy groups -OCH3 is 1. The van der Waals surface area contributed by atoms with Crippen molar-refractivity contribution in [1.29, 1.82) is 0 Å². The number of pyridine rings is 1. The minimum absolute atomic E-state index is 0.828. The number of rotatable bonds is 5. The van der Waals surface area contributed by atoms with Crippen LogP contribution in [0.2, 0.25) is 0 Å². The smallest absolute Gasteiger partial charge is 0.188 e. The molecule has 4 aromatic rings. The Kier molecular flexibility index (Phi) is 4.62. The van der Waals surface area contributed by atoms with Gasteiger partial charge in [-0.3, -0.25) is 4.98 Å². The second-order valence-electron chi connectivity index (χ2n) is 5.66. The molecule has 0 fully saturated rings. The van der Waals surface area contributed by atoms with Crippen molar-refractivity contribution in [2.24, 2.45) is 0 Å². The Hall–Kier alpha value is -3.18. The van der Waals surface area contributed by atoms with Crippen LogP contribution < -0.4 is 10.1 Å². The molecule has 0 unspecified atom stereocenters. The van der Waals surface area contributed by atoms with Crippen LogP contribution >= 0.6 is 11.3 Å². The molecule has 4 nitrogen and oxygen atoms in total. The molecule has 2 heterocycles. The van der Waals surface area contributed by atoms with Gasteiger partial charge in [0, 0.05) is 29.2 Å². The summed E-state index contributed by atoms with van der Waals surface area (Å²) in [6, 6.07) is 22.0. The van der Waals surface area contributed by atoms with Crippen LogP contribution in [0.1, 0.15) is 0 Å². The molecule has 0 aliphatic heterocycles. The molecular weight excluding hydrogens is 342 g/mol. The second-order valence-corrected chi connectivity index (χ2v) is 6.66. The normalized spacial score (nSPS) is 10.5. The Morgan fingerprint density at radius 3 is 2.38 bits per heavy atom. The maximum Gasteiger partial charge on any atom is 0.188 e. The van der Waals surface area contributed by atoms with E-state index in [9.17, 15) is 0 Å². The molecule has 2 aromatic carbocycles. The molecular formula is C21H17N3OS. The number of aromatic nitrogens is 2. The number of anilines is 2. The first kappa shape index (κ1) is 16.3. The highest BCUT2D eigenvalue weighted by molar-refractivity contribution is 7.19. The number of ether oxygens (including phenoxy) is 1. The summed E-state index contributed by atoms with van der Waals surface area (Å²) in [6.45, 7) is 0. The lowest BCUT2D eigenvalue weighted by molar-refractivity contribution is 0.415. The van der Waals surface area contributed by atoms with Crippen LogP contribution in [0.3, 0.4) is 0 Å². The van der Waals surface area contributed by atoms with Gasteiger partial charge < -0.3 is 10.1 Å². The molecule has 0 saturated heterocycles. The highest BCUT2D eigenvalue weighted by Crippen LogP contribution is 2.39. The van der Waals surface area contributed by atoms with Crippen molar-refractivity contribution >= 4 is 22.2 Å². The van der Waals surface area contributed by atoms with Gasteiger partial charge in [0.05, 0.1) is 17.7 Å². The maximum absolute atomic E-state index is 5.26. The molecule has 128 valence electrons. The number of hydrogen-bond donors (Lipinski definition) is 1. The lowest BCUT2D eigenvalue weighted by Crippen LogP contribution is -1.89. The lowest BCUT2D eigenvalue weighted by Gasteiger charge is -2.04. The van der Waals surface area contributed by atoms with E-state index in [4.69, 9.17) is 9.72 Å². The summed E-state index contributed by atoms with van der Waals surface area (Å²) < 4.78 is 5.26. The van der Waals surface area contributed by atoms with Crippen LogP contribution in [-0.2, 0) is 0 Å². The minimum Gasteiger partial charge on any atom is -0.497 e. The Morgan fingerprint density at radius 2 is 1.69 bits per heavy atom. The zero-order valence-electron chi connectivity index (χ0n) is 14.2. The SMILES string of the molecule is COc1ccc(-c2nc(Nc3ccccc3)sc2-c2cccnc2)cc1. The average molecular weight is 359 g/mol. The third-order valence-corrected chi connectivity index (χ3v) is 4.96. The fourth-order valence-corrected chi connectivity index (χ4v) is 3.65. The first-order chi connectivity index (χ1) is 12.8. The van der Waals surface area contributed by atoms with Gasteiger partial charge in [-0.1, -0.05) is 35.6 Å². The predicted octanol–water partition coefficient (Wildman–Crippen LogP) is 5.62. The Balaban J connectivity index is 1.77. The van der Waals surface area contributed by atoms with Crippen LogP contribution in [0.25, 0.3) is 21.7 Å². The molecule has 0 aliphatic carbocycles. The molecule has 0 aliphatic rings. The van der Waals surface area contributed by atoms with Crippen molar-refractivity contribution in [3.05, 3.63) is 79.1 Å². The number of para-hydroxylation sites is 1. The number of thiazole rings is 1. The Bertz CT molecular complexity index is 983. The van der Waals surface area contributed by atoms with Crippen molar-refractivity contribution in [3.8, 4) is 27.4 Å². The van der Waals surface area contributed by atoms with Crippen LogP contribution in [0.15, 0.2) is 79.1 Å². The van der Waals surface area contributed by atoms with E-state index in [1.54, 1.807) is 24.6 Å². The molecule has 1 N–H and O–H groups in total. The number of nitrogens with one attached hydrogen (secondary N) is 1. The summed E-state index contributed by atoms with van der Waals surface area (Å²) in [5.74, 6) is 0.828. The maximum atomic E-state index is 5.26. The van der Waals surface area contributed by atoms with Crippen LogP contribution in [0.4, 0.5) is 10.8 Å². The molecule has 0 radical (unpaired) electrons. The third-order valence-electron chi connectivity index (χ3n) is 3.94. The standard InChI is InChI=1S/C21H17N3OS/c1-25-18-11-9-15(10-12-18)19-20(16-6-5-13-22-14-16)26-21(24-19)23-17-7-3-2-4-8-17/h2-14H,1H3,(H,23,24). The van der Waals surface area contributed by atoms with E-state index in [0.29, 0.717) is 0 Å². The summed E-state index contributed by atoms with van der Waals surface area (Å²) in [5.41, 5.74) is 4.04. The van der Waals surface area contributed by atoms with E-state index in [-0.39, 0.29) is 0 Å². The van der Waals surface area contributed by atoms with Gasteiger partial charge in [0.1, 0.15) is 5.75 Å². The highest BCUT2D eigenvalue weighted by Gasteiger charge is 2.15. The number of nitrogens with zero attached hydrogens (tertiary/aromatic N) is 2. The molecule has 0 spiro atoms. The van der Waals surface area contributed by atoms with Gasteiger partial charge in [-0.05, 0) is 42.5 Å². The summed E-state index contributed by atoms with van der Waals surface area (Å²) in [4.78, 5) is 10.2. The topological polar surface area (TPSA) is 47.0 Å². The molecule has 0 amide bonds. The molecule has 0 atom stereocenters. The van der Waals surface area contributed by atoms with Crippen LogP contribution in [0, 0.1) is 0 Å². The first-order valence-corrected chi connectivity index (χ1v) is 9.03. The second kappa shape index (κ2) is 7.37. The fraction of sp³-hybridized carbons (Fsp3) is 0.0476. The van der Waals surface area contributed by atoms with Gasteiger partial charge in [-0.15, -0.1) is 0 Å². The van der Waals surface area contributed by atoms with Crippen molar-refractivity contribution in [2.45, 2.75) is 0 Å². The summed E-state index contributed by atoms with van der Waals surface area (Å²) in [7, 11) is 1.67. The van der Waals surface area contributed by atoms with Crippen molar-refractivity contribution < 1.29 is 4.74 Å². The molecule has 2 aromatic heterocycles. The molecule has 5 heteroatoms. The average Bonchev–Trinajstić information content (AvgIpc) is 3.13. The van der Waals surface area contributed by atoms with E-state index in [0.717, 1.165) is 38.3 Å². The van der Waals surface area contributed by atoms with Crippen molar-refractivity contribution in [2.75, 3.05) is 12.4 Å². The molecule has 0 bridgehead atoms. The van der Waals surface area contributed by atoms with E-state index < -0.39 is 0 Å². The van der Waals surface area contributed by atoms with E-state index in [1.165, 1.54) is 0 Å². The van der Waals surface area contributed by atoms with Crippen molar-refractivity contribution in [3.63, 3.8) is 0 Å². The zero-order chi connectivity index (χ0) is 17.8. The number of benzene rings is 2. The van der Waals surface area contributed by atoms with Gasteiger partial charge in [0.15, 0.2) is 5.13 Å². The lowest BCUT2D eigenvalue weighted by atomic mass is 10.1. The van der Waals surface area contributed by atoms with Crippen LogP contribution in [-0.4, -0.2) is 17.1 Å². The summed E-state index contributed by atoms with van der Waals surface area (Å²) >= 11 is 1.62.